The van der Waals surface area contributed by atoms with Crippen molar-refractivity contribution in [3.8, 4) is 28.9 Å². The molecule has 0 aliphatic carbocycles. The highest BCUT2D eigenvalue weighted by Crippen LogP contribution is 2.36. The van der Waals surface area contributed by atoms with Crippen molar-refractivity contribution in [2.75, 3.05) is 12.8 Å². The lowest BCUT2D eigenvalue weighted by atomic mass is 10.0. The summed E-state index contributed by atoms with van der Waals surface area (Å²) in [4.78, 5) is 16.5. The number of ether oxygens (including phenoxy) is 1. The number of aromatic nitrogens is 5. The van der Waals surface area contributed by atoms with E-state index in [0.717, 1.165) is 6.07 Å². The highest BCUT2D eigenvalue weighted by molar-refractivity contribution is 6.04. The fraction of sp³-hybridized carbons (Fsp3) is 0.125. The Balaban J connectivity index is 1.84. The van der Waals surface area contributed by atoms with Gasteiger partial charge in [-0.2, -0.15) is 18.4 Å². The molecule has 0 unspecified atom stereocenters. The fourth-order valence-corrected chi connectivity index (χ4v) is 4.09. The first kappa shape index (κ1) is 22.9. The van der Waals surface area contributed by atoms with Gasteiger partial charge in [-0.1, -0.05) is 6.07 Å². The third-order valence-corrected chi connectivity index (χ3v) is 5.80. The lowest BCUT2D eigenvalue weighted by Gasteiger charge is -2.12. The lowest BCUT2D eigenvalue weighted by molar-refractivity contribution is -0.137. The number of pyridine rings is 3. The summed E-state index contributed by atoms with van der Waals surface area (Å²) in [5.74, 6) is -0.185. The van der Waals surface area contributed by atoms with E-state index >= 15 is 0 Å². The minimum Gasteiger partial charge on any atom is -0.481 e. The summed E-state index contributed by atoms with van der Waals surface area (Å²) in [5, 5.41) is 9.97. The second kappa shape index (κ2) is 8.38. The molecule has 4 heterocycles. The molecule has 0 saturated heterocycles. The van der Waals surface area contributed by atoms with E-state index in [2.05, 4.69) is 19.9 Å². The van der Waals surface area contributed by atoms with Gasteiger partial charge in [0.15, 0.2) is 0 Å². The molecule has 1 aromatic carbocycles. The smallest absolute Gasteiger partial charge is 0.419 e. The van der Waals surface area contributed by atoms with Crippen molar-refractivity contribution in [3.05, 3.63) is 66.2 Å². The maximum Gasteiger partial charge on any atom is 0.419 e. The molecule has 0 fully saturated rings. The molecule has 4 aromatic heterocycles. The summed E-state index contributed by atoms with van der Waals surface area (Å²) in [6.45, 7) is 0. The van der Waals surface area contributed by atoms with E-state index in [1.54, 1.807) is 58.9 Å². The molecule has 5 rings (SSSR count). The molecule has 0 spiro atoms. The molecule has 0 aliphatic heterocycles. The van der Waals surface area contributed by atoms with Crippen LogP contribution in [0.3, 0.4) is 0 Å². The molecular weight excluding hydrogens is 473 g/mol. The minimum atomic E-state index is -4.64. The van der Waals surface area contributed by atoms with Gasteiger partial charge in [-0.25, -0.2) is 9.97 Å². The van der Waals surface area contributed by atoms with Crippen LogP contribution in [0.25, 0.3) is 38.8 Å². The van der Waals surface area contributed by atoms with Crippen LogP contribution < -0.4 is 16.1 Å². The van der Waals surface area contributed by atoms with Gasteiger partial charge in [0, 0.05) is 30.3 Å². The maximum atomic E-state index is 13.4. The van der Waals surface area contributed by atoms with E-state index in [-0.39, 0.29) is 5.56 Å². The zero-order chi connectivity index (χ0) is 25.6. The lowest BCUT2D eigenvalue weighted by Crippen LogP contribution is -2.22. The van der Waals surface area contributed by atoms with Gasteiger partial charge in [-0.3, -0.25) is 9.55 Å². The van der Waals surface area contributed by atoms with Crippen molar-refractivity contribution in [2.45, 2.75) is 6.18 Å². The summed E-state index contributed by atoms with van der Waals surface area (Å²) < 4.78 is 48.9. The summed E-state index contributed by atoms with van der Waals surface area (Å²) in [6.07, 6.45) is 1.69. The number of benzene rings is 1. The number of alkyl halides is 3. The maximum absolute atomic E-state index is 13.4. The Hall–Kier alpha value is -4.92. The van der Waals surface area contributed by atoms with E-state index in [9.17, 15) is 18.4 Å². The number of nitriles is 1. The molecule has 0 amide bonds. The Bertz CT molecular complexity index is 1750. The highest BCUT2D eigenvalue weighted by Gasteiger charge is 2.34. The largest absolute Gasteiger partial charge is 0.481 e. The van der Waals surface area contributed by atoms with Crippen LogP contribution in [0.1, 0.15) is 5.56 Å². The predicted molar refractivity (Wildman–Crippen MR) is 126 cm³/mol. The summed E-state index contributed by atoms with van der Waals surface area (Å²) in [5.41, 5.74) is 7.99. The molecule has 0 atom stereocenters. The van der Waals surface area contributed by atoms with Crippen molar-refractivity contribution < 1.29 is 17.9 Å². The molecule has 2 N–H and O–H groups in total. The number of aryl methyl sites for hydroxylation is 1. The number of nitrogens with zero attached hydrogens (tertiary/aromatic N) is 7. The Kier molecular flexibility index (Phi) is 5.32. The van der Waals surface area contributed by atoms with Crippen LogP contribution in [-0.2, 0) is 13.2 Å². The average Bonchev–Trinajstić information content (AvgIpc) is 3.15. The van der Waals surface area contributed by atoms with E-state index in [1.807, 2.05) is 6.19 Å². The van der Waals surface area contributed by atoms with Gasteiger partial charge in [0.1, 0.15) is 5.82 Å². The Labute approximate surface area is 201 Å². The monoisotopic (exact) mass is 490 g/mol. The quantitative estimate of drug-likeness (QED) is 0.382. The average molecular weight is 490 g/mol. The van der Waals surface area contributed by atoms with E-state index < -0.39 is 17.6 Å². The Morgan fingerprint density at radius 3 is 2.50 bits per heavy atom. The topological polar surface area (TPSA) is 120 Å². The standard InChI is InChI=1S/C24H17F3N8O/c1-34-19-11-30-18-5-3-13(14-8-17(24(25,26)27)22(29)32-9-14)7-16(18)21(19)35(23(34)33-12-28)15-4-6-20(36-2)31-10-15/h3-11H,1-2H3,(H2,29,32)/b33-23-. The molecule has 180 valence electrons. The summed E-state index contributed by atoms with van der Waals surface area (Å²) >= 11 is 0. The molecular formula is C24H17F3N8O. The fourth-order valence-electron chi connectivity index (χ4n) is 4.09. The Morgan fingerprint density at radius 2 is 1.83 bits per heavy atom. The van der Waals surface area contributed by atoms with Crippen molar-refractivity contribution in [1.29, 1.82) is 5.26 Å². The van der Waals surface area contributed by atoms with Gasteiger partial charge in [0.05, 0.1) is 47.3 Å². The number of halogens is 3. The van der Waals surface area contributed by atoms with E-state index in [0.29, 0.717) is 44.7 Å². The van der Waals surface area contributed by atoms with Crippen LogP contribution in [0.2, 0.25) is 0 Å². The molecule has 0 aliphatic rings. The number of nitrogen functional groups attached to an aromatic ring is 1. The molecule has 9 nitrogen and oxygen atoms in total. The molecule has 0 saturated carbocycles. The number of fused-ring (bicyclic) bond motifs is 3. The second-order valence-electron chi connectivity index (χ2n) is 7.84. The molecule has 12 heteroatoms. The van der Waals surface area contributed by atoms with Crippen LogP contribution in [-0.4, -0.2) is 31.2 Å². The summed E-state index contributed by atoms with van der Waals surface area (Å²) in [6, 6.07) is 9.50. The number of methoxy groups -OCH3 is 1. The predicted octanol–water partition coefficient (Wildman–Crippen LogP) is 3.97. The number of hydrogen-bond acceptors (Lipinski definition) is 7. The van der Waals surface area contributed by atoms with Crippen LogP contribution in [0.4, 0.5) is 19.0 Å². The number of hydrogen-bond donors (Lipinski definition) is 1. The van der Waals surface area contributed by atoms with Gasteiger partial charge in [0.2, 0.25) is 17.7 Å². The molecule has 36 heavy (non-hydrogen) atoms. The van der Waals surface area contributed by atoms with Gasteiger partial charge in [-0.15, -0.1) is 4.99 Å². The van der Waals surface area contributed by atoms with E-state index in [1.165, 1.54) is 13.3 Å². The van der Waals surface area contributed by atoms with Crippen molar-refractivity contribution in [3.63, 3.8) is 0 Å². The number of imidazole rings is 1. The van der Waals surface area contributed by atoms with Crippen molar-refractivity contribution in [2.24, 2.45) is 12.0 Å². The van der Waals surface area contributed by atoms with Crippen LogP contribution in [0.15, 0.2) is 60.0 Å². The second-order valence-corrected chi connectivity index (χ2v) is 7.84. The van der Waals surface area contributed by atoms with Crippen molar-refractivity contribution in [1.82, 2.24) is 24.1 Å². The first-order valence-corrected chi connectivity index (χ1v) is 10.5. The first-order chi connectivity index (χ1) is 17.2. The van der Waals surface area contributed by atoms with Crippen LogP contribution in [0, 0.1) is 11.5 Å². The van der Waals surface area contributed by atoms with Gasteiger partial charge < -0.3 is 15.0 Å². The van der Waals surface area contributed by atoms with Crippen molar-refractivity contribution >= 4 is 27.8 Å². The van der Waals surface area contributed by atoms with E-state index in [4.69, 9.17) is 10.5 Å². The molecule has 5 aromatic rings. The number of nitrogens with two attached hydrogens (primary N) is 1. The highest BCUT2D eigenvalue weighted by atomic mass is 19.4. The normalized spacial score (nSPS) is 12.3. The molecule has 0 bridgehead atoms. The van der Waals surface area contributed by atoms with Gasteiger partial charge in [-0.05, 0) is 29.8 Å². The minimum absolute atomic E-state index is 0.242. The van der Waals surface area contributed by atoms with Crippen LogP contribution >= 0.6 is 0 Å². The third kappa shape index (κ3) is 3.67. The SMILES string of the molecule is COc1ccc(-n2/c(=N\C#N)n(C)c3cnc4ccc(-c5cnc(N)c(C(F)(F)F)c5)cc4c32)cn1. The number of anilines is 1. The zero-order valence-electron chi connectivity index (χ0n) is 18.9. The Morgan fingerprint density at radius 1 is 1.03 bits per heavy atom. The van der Waals surface area contributed by atoms with Gasteiger partial charge >= 0.3 is 6.18 Å². The van der Waals surface area contributed by atoms with Crippen LogP contribution in [0.5, 0.6) is 5.88 Å². The number of rotatable bonds is 3. The summed E-state index contributed by atoms with van der Waals surface area (Å²) in [7, 11) is 3.24. The molecule has 0 radical (unpaired) electrons. The third-order valence-electron chi connectivity index (χ3n) is 5.80. The first-order valence-electron chi connectivity index (χ1n) is 10.5. The van der Waals surface area contributed by atoms with Gasteiger partial charge in [0.25, 0.3) is 0 Å². The zero-order valence-corrected chi connectivity index (χ0v) is 18.9.